The molecule has 0 amide bonds. The van der Waals surface area contributed by atoms with Gasteiger partial charge in [-0.2, -0.15) is 0 Å². The van der Waals surface area contributed by atoms with Crippen molar-refractivity contribution in [2.75, 3.05) is 20.3 Å². The highest BCUT2D eigenvalue weighted by molar-refractivity contribution is 6.61. The third kappa shape index (κ3) is 3750. The van der Waals surface area contributed by atoms with Gasteiger partial charge in [-0.25, -0.2) is 4.79 Å². The van der Waals surface area contributed by atoms with E-state index in [-0.39, 0.29) is 13.2 Å². The molecule has 0 unspecified atom stereocenters. The second-order valence-electron chi connectivity index (χ2n) is 0.889. The molecule has 0 spiro atoms. The quantitative estimate of drug-likeness (QED) is 0.538. The number of hydrogen-bond acceptors (Lipinski definition) is 4. The highest BCUT2D eigenvalue weighted by Crippen LogP contribution is 1.78. The molecule has 0 aromatic rings. The molecular formula is C16H33ClO4. The minimum absolute atomic E-state index is 0.125. The lowest BCUT2D eigenvalue weighted by molar-refractivity contribution is 0.186. The third-order valence-corrected chi connectivity index (χ3v) is 0.415. The van der Waals surface area contributed by atoms with Crippen LogP contribution in [0.3, 0.4) is 0 Å². The van der Waals surface area contributed by atoms with E-state index in [2.05, 4.69) is 95.3 Å². The van der Waals surface area contributed by atoms with Crippen molar-refractivity contribution < 1.29 is 19.7 Å². The highest BCUT2D eigenvalue weighted by atomic mass is 35.5. The standard InChI is InChI=1S/C2H3ClO2.C2H6O2.6C2H4/c1-5-2(3)4;3-1-2-4;6*1-2/h1H3;3-4H,1-2H2;6*1-2H2. The average molecular weight is 325 g/mol. The maximum absolute atomic E-state index is 9.36. The number of halogens is 1. The Labute approximate surface area is 136 Å². The summed E-state index contributed by atoms with van der Waals surface area (Å²) in [5, 5.41) is 15.2. The molecule has 0 aliphatic rings. The lowest BCUT2D eigenvalue weighted by atomic mass is 10.8. The molecule has 0 atom stereocenters. The normalized spacial score (nSPS) is 4.19. The summed E-state index contributed by atoms with van der Waals surface area (Å²) < 4.78 is 3.88. The van der Waals surface area contributed by atoms with Crippen LogP contribution in [0.15, 0.2) is 78.9 Å². The molecule has 21 heavy (non-hydrogen) atoms. The second kappa shape index (κ2) is 313. The molecule has 0 heterocycles. The predicted molar refractivity (Wildman–Crippen MR) is 100.0 cm³/mol. The molecule has 0 aliphatic heterocycles. The van der Waals surface area contributed by atoms with Gasteiger partial charge in [-0.3, -0.25) is 0 Å². The summed E-state index contributed by atoms with van der Waals surface area (Å²) in [6.07, 6.45) is 0. The zero-order valence-electron chi connectivity index (χ0n) is 13.5. The van der Waals surface area contributed by atoms with E-state index in [1.165, 1.54) is 7.11 Å². The fraction of sp³-hybridized carbons (Fsp3) is 0.188. The monoisotopic (exact) mass is 324 g/mol. The lowest BCUT2D eigenvalue weighted by Gasteiger charge is -1.77. The third-order valence-electron chi connectivity index (χ3n) is 0.260. The molecule has 0 aromatic heterocycles. The Hall–Kier alpha value is -1.88. The molecule has 0 radical (unpaired) electrons. The van der Waals surface area contributed by atoms with E-state index >= 15 is 0 Å². The minimum Gasteiger partial charge on any atom is -0.457 e. The van der Waals surface area contributed by atoms with Gasteiger partial charge in [0.15, 0.2) is 0 Å². The maximum Gasteiger partial charge on any atom is 0.403 e. The van der Waals surface area contributed by atoms with Crippen molar-refractivity contribution in [1.29, 1.82) is 0 Å². The summed E-state index contributed by atoms with van der Waals surface area (Å²) >= 11 is 4.60. The number of aliphatic hydroxyl groups is 2. The zero-order valence-corrected chi connectivity index (χ0v) is 14.2. The first kappa shape index (κ1) is 50.8. The van der Waals surface area contributed by atoms with Crippen molar-refractivity contribution in [2.24, 2.45) is 0 Å². The van der Waals surface area contributed by atoms with Gasteiger partial charge in [-0.1, -0.05) is 0 Å². The summed E-state index contributed by atoms with van der Waals surface area (Å²) in [6.45, 7) is 35.8. The van der Waals surface area contributed by atoms with Gasteiger partial charge in [0.25, 0.3) is 0 Å². The molecular weight excluding hydrogens is 292 g/mol. The number of hydrogen-bond donors (Lipinski definition) is 2. The van der Waals surface area contributed by atoms with Gasteiger partial charge in [0.1, 0.15) is 0 Å². The summed E-state index contributed by atoms with van der Waals surface area (Å²) in [4.78, 5) is 9.36. The molecule has 0 rings (SSSR count). The van der Waals surface area contributed by atoms with Crippen molar-refractivity contribution >= 4 is 17.0 Å². The fourth-order valence-corrected chi connectivity index (χ4v) is 0. The molecule has 0 saturated carbocycles. The Balaban J connectivity index is -0.0000000161. The van der Waals surface area contributed by atoms with Crippen LogP contribution in [0, 0.1) is 0 Å². The van der Waals surface area contributed by atoms with Crippen LogP contribution in [-0.4, -0.2) is 36.0 Å². The fourth-order valence-electron chi connectivity index (χ4n) is 0. The summed E-state index contributed by atoms with van der Waals surface area (Å²) in [5.74, 6) is 0. The van der Waals surface area contributed by atoms with Gasteiger partial charge in [0, 0.05) is 11.6 Å². The van der Waals surface area contributed by atoms with Gasteiger partial charge in [-0.15, -0.1) is 78.9 Å². The molecule has 0 fully saturated rings. The highest BCUT2D eigenvalue weighted by Gasteiger charge is 1.80. The Morgan fingerprint density at radius 1 is 0.762 bits per heavy atom. The van der Waals surface area contributed by atoms with Crippen LogP contribution in [0.5, 0.6) is 0 Å². The molecule has 0 bridgehead atoms. The summed E-state index contributed by atoms with van der Waals surface area (Å²) in [6, 6.07) is 0. The van der Waals surface area contributed by atoms with Gasteiger partial charge in [0.2, 0.25) is 0 Å². The first-order chi connectivity index (χ1) is 10.2. The van der Waals surface area contributed by atoms with Crippen LogP contribution < -0.4 is 0 Å². The smallest absolute Gasteiger partial charge is 0.403 e. The summed E-state index contributed by atoms with van der Waals surface area (Å²) in [7, 11) is 1.22. The SMILES string of the molecule is C=C.C=C.C=C.C=C.C=C.C=C.COC(=O)Cl.OCCO. The lowest BCUT2D eigenvalue weighted by Crippen LogP contribution is -1.85. The Bertz CT molecular complexity index is 116. The zero-order chi connectivity index (χ0) is 19.7. The number of carbonyl (C=O) groups excluding carboxylic acids is 1. The Kier molecular flexibility index (Phi) is 756. The largest absolute Gasteiger partial charge is 0.457 e. The Morgan fingerprint density at radius 2 is 0.857 bits per heavy atom. The van der Waals surface area contributed by atoms with Crippen LogP contribution in [0.25, 0.3) is 0 Å². The van der Waals surface area contributed by atoms with Gasteiger partial charge in [0.05, 0.1) is 20.3 Å². The van der Waals surface area contributed by atoms with Crippen LogP contribution in [0.4, 0.5) is 4.79 Å². The Morgan fingerprint density at radius 3 is 0.857 bits per heavy atom. The van der Waals surface area contributed by atoms with E-state index in [0.29, 0.717) is 0 Å². The van der Waals surface area contributed by atoms with Crippen molar-refractivity contribution in [3.8, 4) is 0 Å². The molecule has 0 saturated heterocycles. The molecule has 0 aliphatic carbocycles. The van der Waals surface area contributed by atoms with Crippen molar-refractivity contribution in [2.45, 2.75) is 0 Å². The molecule has 4 nitrogen and oxygen atoms in total. The maximum atomic E-state index is 9.36. The van der Waals surface area contributed by atoms with Crippen LogP contribution in [0.1, 0.15) is 0 Å². The van der Waals surface area contributed by atoms with E-state index in [0.717, 1.165) is 0 Å². The van der Waals surface area contributed by atoms with Gasteiger partial charge >= 0.3 is 5.43 Å². The second-order valence-corrected chi connectivity index (χ2v) is 1.20. The number of ether oxygens (including phenoxy) is 1. The van der Waals surface area contributed by atoms with E-state index in [1.54, 1.807) is 0 Å². The van der Waals surface area contributed by atoms with Crippen molar-refractivity contribution in [1.82, 2.24) is 0 Å². The van der Waals surface area contributed by atoms with Crippen molar-refractivity contribution in [3.63, 3.8) is 0 Å². The van der Waals surface area contributed by atoms with E-state index < -0.39 is 5.43 Å². The summed E-state index contributed by atoms with van der Waals surface area (Å²) in [5.41, 5.74) is -0.773. The topological polar surface area (TPSA) is 66.8 Å². The van der Waals surface area contributed by atoms with Crippen LogP contribution in [0.2, 0.25) is 0 Å². The molecule has 5 heteroatoms. The first-order valence-corrected chi connectivity index (χ1v) is 5.52. The number of aliphatic hydroxyl groups excluding tert-OH is 2. The molecule has 0 aromatic carbocycles. The number of rotatable bonds is 1. The van der Waals surface area contributed by atoms with Crippen molar-refractivity contribution in [3.05, 3.63) is 78.9 Å². The minimum atomic E-state index is -0.773. The van der Waals surface area contributed by atoms with E-state index in [4.69, 9.17) is 10.2 Å². The van der Waals surface area contributed by atoms with Gasteiger partial charge in [-0.05, 0) is 0 Å². The average Bonchev–Trinajstić information content (AvgIpc) is 2.65. The first-order valence-electron chi connectivity index (χ1n) is 5.14. The van der Waals surface area contributed by atoms with Crippen LogP contribution in [-0.2, 0) is 4.74 Å². The van der Waals surface area contributed by atoms with E-state index in [1.807, 2.05) is 0 Å². The number of carbonyl (C=O) groups is 1. The van der Waals surface area contributed by atoms with Gasteiger partial charge < -0.3 is 14.9 Å². The predicted octanol–water partition coefficient (Wildman–Crippen LogP) is 4.78. The molecule has 2 N–H and O–H groups in total. The molecule has 128 valence electrons. The van der Waals surface area contributed by atoms with Crippen LogP contribution >= 0.6 is 11.6 Å². The van der Waals surface area contributed by atoms with E-state index in [9.17, 15) is 4.79 Å². The number of methoxy groups -OCH3 is 1.